The smallest absolute Gasteiger partial charge is 0.265 e. The number of nitrogen functional groups attached to an aromatic ring is 1. The number of carbonyl (C=O) groups is 1. The molecule has 2 rings (SSSR count). The Balaban J connectivity index is 2.17. The molecule has 0 spiro atoms. The van der Waals surface area contributed by atoms with Crippen molar-refractivity contribution in [2.45, 2.75) is 13.5 Å². The van der Waals surface area contributed by atoms with Crippen molar-refractivity contribution in [3.8, 4) is 0 Å². The number of halogens is 2. The number of benzene rings is 1. The van der Waals surface area contributed by atoms with E-state index in [-0.39, 0.29) is 18.0 Å². The van der Waals surface area contributed by atoms with Crippen LogP contribution in [-0.2, 0) is 11.3 Å². The van der Waals surface area contributed by atoms with Crippen molar-refractivity contribution >= 4 is 49.1 Å². The fraction of sp³-hybridized carbons (Fsp3) is 0.143. The maximum absolute atomic E-state index is 12.0. The molecule has 0 atom stereocenters. The molecule has 1 heterocycles. The van der Waals surface area contributed by atoms with Gasteiger partial charge in [0, 0.05) is 16.4 Å². The maximum Gasteiger partial charge on any atom is 0.265 e. The number of hydrogen-bond acceptors (Lipinski definition) is 3. The summed E-state index contributed by atoms with van der Waals surface area (Å²) in [6.07, 6.45) is 1.48. The Hall–Kier alpha value is -1.60. The molecule has 0 aliphatic heterocycles. The van der Waals surface area contributed by atoms with Gasteiger partial charge in [-0.15, -0.1) is 0 Å². The lowest BCUT2D eigenvalue weighted by Crippen LogP contribution is -2.28. The zero-order valence-electron chi connectivity index (χ0n) is 11.2. The molecule has 7 heteroatoms. The molecule has 1 aromatic heterocycles. The molecule has 5 nitrogen and oxygen atoms in total. The zero-order chi connectivity index (χ0) is 15.6. The zero-order valence-corrected chi connectivity index (χ0v) is 14.4. The summed E-state index contributed by atoms with van der Waals surface area (Å²) in [4.78, 5) is 24.0. The van der Waals surface area contributed by atoms with E-state index in [1.165, 1.54) is 10.8 Å². The van der Waals surface area contributed by atoms with Crippen LogP contribution in [0.25, 0.3) is 0 Å². The third-order valence-corrected chi connectivity index (χ3v) is 4.41. The van der Waals surface area contributed by atoms with Crippen LogP contribution in [0.3, 0.4) is 0 Å². The molecule has 0 radical (unpaired) electrons. The van der Waals surface area contributed by atoms with Gasteiger partial charge in [-0.1, -0.05) is 15.9 Å². The van der Waals surface area contributed by atoms with E-state index in [4.69, 9.17) is 5.73 Å². The molecule has 1 amide bonds. The summed E-state index contributed by atoms with van der Waals surface area (Å²) in [7, 11) is 0. The van der Waals surface area contributed by atoms with Gasteiger partial charge in [0.2, 0.25) is 5.91 Å². The summed E-state index contributed by atoms with van der Waals surface area (Å²) in [5, 5.41) is 2.72. The van der Waals surface area contributed by atoms with Gasteiger partial charge in [-0.25, -0.2) is 0 Å². The number of hydrogen-bond donors (Lipinski definition) is 2. The predicted octanol–water partition coefficient (Wildman–Crippen LogP) is 2.90. The lowest BCUT2D eigenvalue weighted by Gasteiger charge is -2.11. The molecule has 0 aliphatic rings. The van der Waals surface area contributed by atoms with Crippen molar-refractivity contribution in [2.24, 2.45) is 0 Å². The minimum absolute atomic E-state index is 0.0992. The van der Waals surface area contributed by atoms with Crippen LogP contribution in [0.15, 0.2) is 44.2 Å². The summed E-state index contributed by atoms with van der Waals surface area (Å²) in [6, 6.07) is 7.18. The topological polar surface area (TPSA) is 77.1 Å². The molecule has 110 valence electrons. The van der Waals surface area contributed by atoms with Crippen LogP contribution in [0.4, 0.5) is 11.4 Å². The largest absolute Gasteiger partial charge is 0.397 e. The number of nitrogens with two attached hydrogens (primary N) is 1. The summed E-state index contributed by atoms with van der Waals surface area (Å²) in [6.45, 7) is 1.64. The highest BCUT2D eigenvalue weighted by Crippen LogP contribution is 2.17. The average Bonchev–Trinajstić information content (AvgIpc) is 2.45. The molecular formula is C14H13Br2N3O2. The Labute approximate surface area is 138 Å². The number of nitrogens with zero attached hydrogens (tertiary/aromatic N) is 1. The lowest BCUT2D eigenvalue weighted by atomic mass is 10.2. The highest BCUT2D eigenvalue weighted by atomic mass is 79.9. The number of amides is 1. The van der Waals surface area contributed by atoms with Crippen molar-refractivity contribution in [2.75, 3.05) is 11.1 Å². The van der Waals surface area contributed by atoms with Gasteiger partial charge in [0.05, 0.1) is 10.2 Å². The highest BCUT2D eigenvalue weighted by molar-refractivity contribution is 9.10. The molecular weight excluding hydrogens is 402 g/mol. The second kappa shape index (κ2) is 6.44. The Bertz CT molecular complexity index is 739. The molecule has 3 N–H and O–H groups in total. The van der Waals surface area contributed by atoms with Crippen LogP contribution in [0.1, 0.15) is 5.56 Å². The van der Waals surface area contributed by atoms with Gasteiger partial charge in [-0.3, -0.25) is 9.59 Å². The fourth-order valence-electron chi connectivity index (χ4n) is 1.74. The van der Waals surface area contributed by atoms with E-state index in [0.717, 1.165) is 4.47 Å². The number of aromatic nitrogens is 1. The van der Waals surface area contributed by atoms with Gasteiger partial charge in [-0.05, 0) is 52.7 Å². The van der Waals surface area contributed by atoms with Gasteiger partial charge in [0.25, 0.3) is 5.56 Å². The van der Waals surface area contributed by atoms with Gasteiger partial charge in [-0.2, -0.15) is 0 Å². The van der Waals surface area contributed by atoms with E-state index in [2.05, 4.69) is 37.2 Å². The predicted molar refractivity (Wildman–Crippen MR) is 90.3 cm³/mol. The van der Waals surface area contributed by atoms with E-state index < -0.39 is 0 Å². The van der Waals surface area contributed by atoms with E-state index in [1.807, 2.05) is 12.1 Å². The quantitative estimate of drug-likeness (QED) is 0.810. The first-order valence-corrected chi connectivity index (χ1v) is 7.67. The Morgan fingerprint density at radius 1 is 1.29 bits per heavy atom. The Kier molecular flexibility index (Phi) is 4.84. The molecule has 0 bridgehead atoms. The monoisotopic (exact) mass is 413 g/mol. The molecule has 0 unspecified atom stereocenters. The molecule has 21 heavy (non-hydrogen) atoms. The van der Waals surface area contributed by atoms with Crippen molar-refractivity contribution in [1.29, 1.82) is 0 Å². The third-order valence-electron chi connectivity index (χ3n) is 2.95. The Morgan fingerprint density at radius 3 is 2.52 bits per heavy atom. The normalized spacial score (nSPS) is 10.4. The molecule has 1 aromatic carbocycles. The number of anilines is 2. The number of rotatable bonds is 3. The first-order chi connectivity index (χ1) is 9.88. The van der Waals surface area contributed by atoms with Crippen molar-refractivity contribution in [3.05, 3.63) is 55.3 Å². The van der Waals surface area contributed by atoms with Gasteiger partial charge < -0.3 is 15.6 Å². The van der Waals surface area contributed by atoms with E-state index in [9.17, 15) is 9.59 Å². The standard InChI is InChI=1S/C14H13Br2N3O2/c1-8-11(17)6-19(14(21)13(8)16)7-12(20)18-10-4-2-9(15)3-5-10/h2-6H,7,17H2,1H3,(H,18,20). The van der Waals surface area contributed by atoms with Crippen LogP contribution >= 0.6 is 31.9 Å². The third kappa shape index (κ3) is 3.74. The summed E-state index contributed by atoms with van der Waals surface area (Å²) < 4.78 is 2.58. The van der Waals surface area contributed by atoms with Crippen molar-refractivity contribution < 1.29 is 4.79 Å². The van der Waals surface area contributed by atoms with E-state index >= 15 is 0 Å². The molecule has 0 aliphatic carbocycles. The minimum Gasteiger partial charge on any atom is -0.397 e. The van der Waals surface area contributed by atoms with Crippen LogP contribution in [0.5, 0.6) is 0 Å². The average molecular weight is 415 g/mol. The first-order valence-electron chi connectivity index (χ1n) is 6.09. The van der Waals surface area contributed by atoms with Crippen LogP contribution in [-0.4, -0.2) is 10.5 Å². The van der Waals surface area contributed by atoms with Gasteiger partial charge in [0.1, 0.15) is 6.54 Å². The molecule has 2 aromatic rings. The van der Waals surface area contributed by atoms with Gasteiger partial charge in [0.15, 0.2) is 0 Å². The van der Waals surface area contributed by atoms with Crippen molar-refractivity contribution in [1.82, 2.24) is 4.57 Å². The number of nitrogens with one attached hydrogen (secondary N) is 1. The van der Waals surface area contributed by atoms with E-state index in [0.29, 0.717) is 21.4 Å². The second-order valence-corrected chi connectivity index (χ2v) is 6.22. The molecule has 0 fully saturated rings. The van der Waals surface area contributed by atoms with Crippen LogP contribution in [0, 0.1) is 6.92 Å². The molecule has 0 saturated carbocycles. The van der Waals surface area contributed by atoms with Gasteiger partial charge >= 0.3 is 0 Å². The number of carbonyl (C=O) groups excluding carboxylic acids is 1. The van der Waals surface area contributed by atoms with Crippen molar-refractivity contribution in [3.63, 3.8) is 0 Å². The fourth-order valence-corrected chi connectivity index (χ4v) is 2.46. The van der Waals surface area contributed by atoms with Crippen LogP contribution < -0.4 is 16.6 Å². The summed E-state index contributed by atoms with van der Waals surface area (Å²) in [5.41, 5.74) is 7.31. The highest BCUT2D eigenvalue weighted by Gasteiger charge is 2.11. The summed E-state index contributed by atoms with van der Waals surface area (Å²) in [5.74, 6) is -0.297. The maximum atomic E-state index is 12.0. The molecule has 0 saturated heterocycles. The first kappa shape index (κ1) is 15.8. The second-order valence-electron chi connectivity index (χ2n) is 4.51. The van der Waals surface area contributed by atoms with Crippen LogP contribution in [0.2, 0.25) is 0 Å². The minimum atomic E-state index is -0.297. The SMILES string of the molecule is Cc1c(N)cn(CC(=O)Nc2ccc(Br)cc2)c(=O)c1Br. The number of pyridine rings is 1. The summed E-state index contributed by atoms with van der Waals surface area (Å²) >= 11 is 6.52. The lowest BCUT2D eigenvalue weighted by molar-refractivity contribution is -0.116. The van der Waals surface area contributed by atoms with E-state index in [1.54, 1.807) is 19.1 Å². The Morgan fingerprint density at radius 2 is 1.90 bits per heavy atom.